The SMILES string of the molecule is CC(Oc1ccccc1)C(=O)NCC1CCN(c2nc3ccccc3o2)CC1. The van der Waals surface area contributed by atoms with Crippen LogP contribution in [0.5, 0.6) is 5.75 Å². The minimum absolute atomic E-state index is 0.0785. The Labute approximate surface area is 164 Å². The Morgan fingerprint density at radius 3 is 2.64 bits per heavy atom. The van der Waals surface area contributed by atoms with E-state index in [-0.39, 0.29) is 5.91 Å². The van der Waals surface area contributed by atoms with E-state index >= 15 is 0 Å². The number of aromatic nitrogens is 1. The second-order valence-electron chi connectivity index (χ2n) is 7.21. The van der Waals surface area contributed by atoms with Crippen LogP contribution in [0.25, 0.3) is 11.1 Å². The fraction of sp³-hybridized carbons (Fsp3) is 0.364. The minimum Gasteiger partial charge on any atom is -0.481 e. The van der Waals surface area contributed by atoms with E-state index < -0.39 is 6.10 Å². The van der Waals surface area contributed by atoms with Crippen molar-refractivity contribution in [2.45, 2.75) is 25.9 Å². The van der Waals surface area contributed by atoms with Gasteiger partial charge in [-0.1, -0.05) is 30.3 Å². The van der Waals surface area contributed by atoms with Gasteiger partial charge >= 0.3 is 0 Å². The molecule has 1 aliphatic heterocycles. The summed E-state index contributed by atoms with van der Waals surface area (Å²) >= 11 is 0. The Kier molecular flexibility index (Phi) is 5.46. The summed E-state index contributed by atoms with van der Waals surface area (Å²) in [5, 5.41) is 3.03. The van der Waals surface area contributed by atoms with Crippen LogP contribution < -0.4 is 15.0 Å². The molecule has 146 valence electrons. The van der Waals surface area contributed by atoms with E-state index in [0.717, 1.165) is 37.0 Å². The molecule has 1 fully saturated rings. The first-order chi connectivity index (χ1) is 13.7. The van der Waals surface area contributed by atoms with Crippen molar-refractivity contribution < 1.29 is 13.9 Å². The average molecular weight is 379 g/mol. The summed E-state index contributed by atoms with van der Waals surface area (Å²) in [5.41, 5.74) is 1.71. The Morgan fingerprint density at radius 2 is 1.89 bits per heavy atom. The first-order valence-electron chi connectivity index (χ1n) is 9.79. The van der Waals surface area contributed by atoms with Crippen molar-refractivity contribution in [2.24, 2.45) is 5.92 Å². The number of benzene rings is 2. The molecular formula is C22H25N3O3. The van der Waals surface area contributed by atoms with Crippen molar-refractivity contribution in [3.05, 3.63) is 54.6 Å². The van der Waals surface area contributed by atoms with Gasteiger partial charge in [0.05, 0.1) is 0 Å². The Balaban J connectivity index is 1.23. The molecule has 1 saturated heterocycles. The number of ether oxygens (including phenoxy) is 1. The monoisotopic (exact) mass is 379 g/mol. The molecule has 6 heteroatoms. The van der Waals surface area contributed by atoms with E-state index in [1.54, 1.807) is 6.92 Å². The summed E-state index contributed by atoms with van der Waals surface area (Å²) in [4.78, 5) is 19.1. The molecule has 0 aliphatic carbocycles. The predicted molar refractivity (Wildman–Crippen MR) is 108 cm³/mol. The smallest absolute Gasteiger partial charge is 0.298 e. The fourth-order valence-corrected chi connectivity index (χ4v) is 3.47. The van der Waals surface area contributed by atoms with Gasteiger partial charge in [0.15, 0.2) is 11.7 Å². The van der Waals surface area contributed by atoms with Crippen molar-refractivity contribution in [3.63, 3.8) is 0 Å². The lowest BCUT2D eigenvalue weighted by molar-refractivity contribution is -0.127. The van der Waals surface area contributed by atoms with Crippen LogP contribution in [0.4, 0.5) is 6.01 Å². The number of nitrogens with one attached hydrogen (secondary N) is 1. The van der Waals surface area contributed by atoms with E-state index in [1.165, 1.54) is 0 Å². The number of fused-ring (bicyclic) bond motifs is 1. The quantitative estimate of drug-likeness (QED) is 0.708. The molecule has 1 aliphatic rings. The van der Waals surface area contributed by atoms with Gasteiger partial charge in [-0.3, -0.25) is 4.79 Å². The highest BCUT2D eigenvalue weighted by Gasteiger charge is 2.24. The minimum atomic E-state index is -0.512. The summed E-state index contributed by atoms with van der Waals surface area (Å²) in [7, 11) is 0. The van der Waals surface area contributed by atoms with Gasteiger partial charge in [-0.25, -0.2) is 0 Å². The zero-order valence-electron chi connectivity index (χ0n) is 16.0. The molecule has 1 atom stereocenters. The normalized spacial score (nSPS) is 16.1. The summed E-state index contributed by atoms with van der Waals surface area (Å²) in [6.45, 7) is 4.20. The number of para-hydroxylation sites is 3. The number of amides is 1. The number of hydrogen-bond donors (Lipinski definition) is 1. The maximum absolute atomic E-state index is 12.3. The summed E-state index contributed by atoms with van der Waals surface area (Å²) in [5.74, 6) is 1.08. The number of rotatable bonds is 6. The zero-order chi connectivity index (χ0) is 19.3. The zero-order valence-corrected chi connectivity index (χ0v) is 16.0. The highest BCUT2D eigenvalue weighted by atomic mass is 16.5. The lowest BCUT2D eigenvalue weighted by Crippen LogP contribution is -2.42. The van der Waals surface area contributed by atoms with E-state index in [2.05, 4.69) is 15.2 Å². The van der Waals surface area contributed by atoms with Crippen LogP contribution in [-0.2, 0) is 4.79 Å². The van der Waals surface area contributed by atoms with Gasteiger partial charge in [0.2, 0.25) is 0 Å². The second kappa shape index (κ2) is 8.33. The highest BCUT2D eigenvalue weighted by Crippen LogP contribution is 2.26. The lowest BCUT2D eigenvalue weighted by atomic mass is 9.97. The first-order valence-corrected chi connectivity index (χ1v) is 9.79. The summed E-state index contributed by atoms with van der Waals surface area (Å²) in [6.07, 6.45) is 1.47. The predicted octanol–water partition coefficient (Wildman–Crippen LogP) is 3.63. The molecule has 0 saturated carbocycles. The van der Waals surface area contributed by atoms with Crippen LogP contribution in [0.15, 0.2) is 59.0 Å². The van der Waals surface area contributed by atoms with Crippen LogP contribution >= 0.6 is 0 Å². The first kappa shape index (κ1) is 18.3. The molecule has 3 aromatic rings. The van der Waals surface area contributed by atoms with Crippen molar-refractivity contribution >= 4 is 23.0 Å². The average Bonchev–Trinajstić information content (AvgIpc) is 3.17. The third-order valence-electron chi connectivity index (χ3n) is 5.16. The number of oxazole rings is 1. The lowest BCUT2D eigenvalue weighted by Gasteiger charge is -2.31. The molecule has 0 bridgehead atoms. The summed E-state index contributed by atoms with van der Waals surface area (Å²) < 4.78 is 11.5. The maximum Gasteiger partial charge on any atom is 0.298 e. The van der Waals surface area contributed by atoms with Crippen molar-refractivity contribution in [1.82, 2.24) is 10.3 Å². The number of hydrogen-bond acceptors (Lipinski definition) is 5. The van der Waals surface area contributed by atoms with Crippen LogP contribution in [0.3, 0.4) is 0 Å². The topological polar surface area (TPSA) is 67.6 Å². The van der Waals surface area contributed by atoms with Gasteiger partial charge in [0, 0.05) is 19.6 Å². The molecule has 28 heavy (non-hydrogen) atoms. The third kappa shape index (κ3) is 4.27. The molecule has 2 heterocycles. The largest absolute Gasteiger partial charge is 0.481 e. The molecule has 6 nitrogen and oxygen atoms in total. The Morgan fingerprint density at radius 1 is 1.18 bits per heavy atom. The number of carbonyl (C=O) groups is 1. The number of anilines is 1. The van der Waals surface area contributed by atoms with Crippen molar-refractivity contribution in [1.29, 1.82) is 0 Å². The van der Waals surface area contributed by atoms with Gasteiger partial charge in [0.1, 0.15) is 11.3 Å². The van der Waals surface area contributed by atoms with E-state index in [0.29, 0.717) is 24.2 Å². The molecule has 1 unspecified atom stereocenters. The second-order valence-corrected chi connectivity index (χ2v) is 7.21. The van der Waals surface area contributed by atoms with Gasteiger partial charge in [-0.15, -0.1) is 0 Å². The van der Waals surface area contributed by atoms with Crippen molar-refractivity contribution in [2.75, 3.05) is 24.5 Å². The van der Waals surface area contributed by atoms with Crippen LogP contribution in [-0.4, -0.2) is 36.6 Å². The molecular weight excluding hydrogens is 354 g/mol. The van der Waals surface area contributed by atoms with Gasteiger partial charge in [-0.05, 0) is 49.9 Å². The van der Waals surface area contributed by atoms with Gasteiger partial charge in [0.25, 0.3) is 11.9 Å². The Bertz CT molecular complexity index is 884. The highest BCUT2D eigenvalue weighted by molar-refractivity contribution is 5.80. The number of nitrogens with zero attached hydrogens (tertiary/aromatic N) is 2. The molecule has 1 N–H and O–H groups in total. The molecule has 2 aromatic carbocycles. The Hall–Kier alpha value is -3.02. The van der Waals surface area contributed by atoms with E-state index in [4.69, 9.17) is 9.15 Å². The fourth-order valence-electron chi connectivity index (χ4n) is 3.47. The van der Waals surface area contributed by atoms with Crippen molar-refractivity contribution in [3.8, 4) is 5.75 Å². The molecule has 4 rings (SSSR count). The maximum atomic E-state index is 12.3. The molecule has 1 amide bonds. The molecule has 0 spiro atoms. The van der Waals surface area contributed by atoms with Crippen LogP contribution in [0, 0.1) is 5.92 Å². The van der Waals surface area contributed by atoms with Crippen LogP contribution in [0.1, 0.15) is 19.8 Å². The molecule has 0 radical (unpaired) electrons. The van der Waals surface area contributed by atoms with Crippen LogP contribution in [0.2, 0.25) is 0 Å². The van der Waals surface area contributed by atoms with E-state index in [9.17, 15) is 4.79 Å². The number of piperidine rings is 1. The molecule has 1 aromatic heterocycles. The van der Waals surface area contributed by atoms with Gasteiger partial charge in [-0.2, -0.15) is 4.98 Å². The standard InChI is InChI=1S/C22H25N3O3/c1-16(27-18-7-3-2-4-8-18)21(26)23-15-17-11-13-25(14-12-17)22-24-19-9-5-6-10-20(19)28-22/h2-10,16-17H,11-15H2,1H3,(H,23,26). The van der Waals surface area contributed by atoms with E-state index in [1.807, 2.05) is 54.6 Å². The number of carbonyl (C=O) groups excluding carboxylic acids is 1. The summed E-state index contributed by atoms with van der Waals surface area (Å²) in [6, 6.07) is 17.9. The third-order valence-corrected chi connectivity index (χ3v) is 5.16. The van der Waals surface area contributed by atoms with Gasteiger partial charge < -0.3 is 19.4 Å².